The van der Waals surface area contributed by atoms with E-state index >= 15 is 0 Å². The molecule has 0 spiro atoms. The summed E-state index contributed by atoms with van der Waals surface area (Å²) in [7, 11) is 0. The van der Waals surface area contributed by atoms with Crippen molar-refractivity contribution in [2.75, 3.05) is 13.2 Å². The fraction of sp³-hybridized carbons (Fsp3) is 0.909. The van der Waals surface area contributed by atoms with Gasteiger partial charge < -0.3 is 75.2 Å². The molecule has 0 aromatic rings. The Bertz CT molecular complexity index is 837. The largest absolute Gasteiger partial charge is 0.394 e. The molecule has 15 atom stereocenters. The number of aliphatic hydroxyl groups is 8. The van der Waals surface area contributed by atoms with E-state index in [1.54, 1.807) is 0 Å². The number of hydrogen-bond acceptors (Lipinski definition) is 15. The number of carbonyl (C=O) groups excluding carboxylic acids is 2. The summed E-state index contributed by atoms with van der Waals surface area (Å²) in [4.78, 5) is 23.8. The van der Waals surface area contributed by atoms with Crippen molar-refractivity contribution in [1.82, 2.24) is 10.6 Å². The molecule has 2 amide bonds. The lowest BCUT2D eigenvalue weighted by Crippen LogP contribution is -2.70. The molecule has 3 aliphatic heterocycles. The first-order valence-corrected chi connectivity index (χ1v) is 12.4. The van der Waals surface area contributed by atoms with Crippen molar-refractivity contribution in [2.24, 2.45) is 0 Å². The minimum Gasteiger partial charge on any atom is -0.394 e. The second-order valence-corrected chi connectivity index (χ2v) is 9.79. The van der Waals surface area contributed by atoms with Gasteiger partial charge in [-0.2, -0.15) is 0 Å². The summed E-state index contributed by atoms with van der Waals surface area (Å²) < 4.78 is 28.4. The van der Waals surface area contributed by atoms with Gasteiger partial charge in [-0.15, -0.1) is 0 Å². The Hall–Kier alpha value is -1.58. The van der Waals surface area contributed by atoms with Crippen molar-refractivity contribution in [3.63, 3.8) is 0 Å². The Kier molecular flexibility index (Phi) is 11.0. The Morgan fingerprint density at radius 3 is 1.79 bits per heavy atom. The molecular formula is C22H38N2O15. The molecule has 3 rings (SSSR count). The molecule has 0 aromatic heterocycles. The number of aliphatic hydroxyl groups excluding tert-OH is 8. The van der Waals surface area contributed by atoms with Crippen LogP contribution in [0.5, 0.6) is 0 Å². The third-order valence-corrected chi connectivity index (χ3v) is 6.86. The molecule has 0 bridgehead atoms. The van der Waals surface area contributed by atoms with Crippen LogP contribution in [0.25, 0.3) is 0 Å². The molecule has 226 valence electrons. The maximum absolute atomic E-state index is 12.0. The molecule has 3 fully saturated rings. The predicted octanol–water partition coefficient (Wildman–Crippen LogP) is -6.26. The molecule has 39 heavy (non-hydrogen) atoms. The minimum atomic E-state index is -1.80. The molecule has 3 aliphatic rings. The molecule has 0 radical (unpaired) electrons. The van der Waals surface area contributed by atoms with Gasteiger partial charge in [-0.3, -0.25) is 9.59 Å². The van der Waals surface area contributed by atoms with Crippen molar-refractivity contribution < 1.29 is 74.1 Å². The lowest BCUT2D eigenvalue weighted by Gasteiger charge is -2.50. The second-order valence-electron chi connectivity index (χ2n) is 9.79. The number of carbonyl (C=O) groups is 2. The molecule has 0 aromatic carbocycles. The van der Waals surface area contributed by atoms with E-state index in [1.165, 1.54) is 6.92 Å². The maximum Gasteiger partial charge on any atom is 0.217 e. The highest BCUT2D eigenvalue weighted by Gasteiger charge is 2.54. The van der Waals surface area contributed by atoms with Crippen LogP contribution in [-0.4, -0.2) is 158 Å². The van der Waals surface area contributed by atoms with Crippen LogP contribution in [0.15, 0.2) is 0 Å². The maximum atomic E-state index is 12.0. The summed E-state index contributed by atoms with van der Waals surface area (Å²) >= 11 is 0. The van der Waals surface area contributed by atoms with E-state index in [4.69, 9.17) is 23.7 Å². The van der Waals surface area contributed by atoms with Crippen molar-refractivity contribution in [1.29, 1.82) is 0 Å². The summed E-state index contributed by atoms with van der Waals surface area (Å²) in [6, 6.07) is -2.82. The Morgan fingerprint density at radius 2 is 1.23 bits per heavy atom. The molecule has 0 saturated carbocycles. The average molecular weight is 571 g/mol. The van der Waals surface area contributed by atoms with Gasteiger partial charge in [-0.1, -0.05) is 0 Å². The van der Waals surface area contributed by atoms with Crippen LogP contribution in [0.1, 0.15) is 20.8 Å². The van der Waals surface area contributed by atoms with E-state index in [0.717, 1.165) is 13.8 Å². The topological polar surface area (TPSA) is 266 Å². The van der Waals surface area contributed by atoms with E-state index < -0.39 is 117 Å². The fourth-order valence-electron chi connectivity index (χ4n) is 4.80. The summed E-state index contributed by atoms with van der Waals surface area (Å²) in [6.45, 7) is 2.13. The molecule has 0 aliphatic carbocycles. The van der Waals surface area contributed by atoms with Crippen molar-refractivity contribution in [3.8, 4) is 0 Å². The first kappa shape index (κ1) is 31.9. The smallest absolute Gasteiger partial charge is 0.217 e. The van der Waals surface area contributed by atoms with Gasteiger partial charge in [0, 0.05) is 13.8 Å². The molecular weight excluding hydrogens is 532 g/mol. The van der Waals surface area contributed by atoms with Crippen LogP contribution >= 0.6 is 0 Å². The lowest BCUT2D eigenvalue weighted by molar-refractivity contribution is -0.362. The van der Waals surface area contributed by atoms with Crippen molar-refractivity contribution in [2.45, 2.75) is 113 Å². The molecule has 3 heterocycles. The minimum absolute atomic E-state index is 0.635. The number of nitrogens with one attached hydrogen (secondary N) is 2. The zero-order valence-corrected chi connectivity index (χ0v) is 21.5. The van der Waals surface area contributed by atoms with Gasteiger partial charge in [0.25, 0.3) is 0 Å². The lowest BCUT2D eigenvalue weighted by atomic mass is 9.94. The molecule has 17 heteroatoms. The van der Waals surface area contributed by atoms with Crippen LogP contribution in [-0.2, 0) is 33.3 Å². The first-order valence-electron chi connectivity index (χ1n) is 12.4. The summed E-state index contributed by atoms with van der Waals surface area (Å²) in [5.41, 5.74) is 0. The monoisotopic (exact) mass is 570 g/mol. The van der Waals surface area contributed by atoms with Crippen molar-refractivity contribution in [3.05, 3.63) is 0 Å². The van der Waals surface area contributed by atoms with Crippen molar-refractivity contribution >= 4 is 11.8 Å². The standard InChI is InChI=1S/C22H38N2O15/c1-6-13(29)16(32)17(33)22(35-6)39-19-12(24-8(3)28)20(34)36-10(5-26)18(19)38-21-11(23-7(2)27)15(31)14(30)9(4-25)37-21/h6,9-22,25-26,29-34H,4-5H2,1-3H3,(H,23,27)(H,24,28)/t6-,9+,10+,11+,12+,13+,14+,15+,16+,17-,18+,19+,20+,21+,22-/m0/s1. The highest BCUT2D eigenvalue weighted by molar-refractivity contribution is 5.73. The summed E-state index contributed by atoms with van der Waals surface area (Å²) in [5, 5.41) is 86.7. The number of ether oxygens (including phenoxy) is 5. The normalized spacial score (nSPS) is 46.9. The number of amides is 2. The Morgan fingerprint density at radius 1 is 0.667 bits per heavy atom. The SMILES string of the molecule is CC(=O)N[C@@H]1[C@@H](O[C@@H]2O[C@@H](C)[C@@H](O)[C@@H](O)[C@@H]2O)[C@H](O[C@H]2O[C@H](CO)[C@@H](O)[C@H](O)[C@H]2NC(C)=O)[C@@H](CO)O[C@H]1O. The highest BCUT2D eigenvalue weighted by Crippen LogP contribution is 2.33. The Balaban J connectivity index is 1.98. The van der Waals surface area contributed by atoms with Gasteiger partial charge in [-0.05, 0) is 6.92 Å². The van der Waals surface area contributed by atoms with Gasteiger partial charge in [0.05, 0.1) is 19.3 Å². The molecule has 17 nitrogen and oxygen atoms in total. The zero-order valence-electron chi connectivity index (χ0n) is 21.5. The first-order chi connectivity index (χ1) is 18.3. The van der Waals surface area contributed by atoms with Crippen LogP contribution in [0.2, 0.25) is 0 Å². The second kappa shape index (κ2) is 13.4. The molecule has 3 saturated heterocycles. The van der Waals surface area contributed by atoms with Crippen LogP contribution in [0.3, 0.4) is 0 Å². The quantitative estimate of drug-likeness (QED) is 0.130. The predicted molar refractivity (Wildman–Crippen MR) is 123 cm³/mol. The van der Waals surface area contributed by atoms with Gasteiger partial charge in [0.2, 0.25) is 11.8 Å². The summed E-state index contributed by atoms with van der Waals surface area (Å²) in [5.74, 6) is -1.28. The van der Waals surface area contributed by atoms with Crippen LogP contribution < -0.4 is 10.6 Å². The number of rotatable bonds is 8. The van der Waals surface area contributed by atoms with Crippen LogP contribution in [0, 0.1) is 0 Å². The zero-order chi connectivity index (χ0) is 29.2. The van der Waals surface area contributed by atoms with Gasteiger partial charge in [-0.25, -0.2) is 0 Å². The van der Waals surface area contributed by atoms with E-state index in [9.17, 15) is 50.4 Å². The number of hydrogen-bond donors (Lipinski definition) is 10. The highest BCUT2D eigenvalue weighted by atomic mass is 16.7. The average Bonchev–Trinajstić information content (AvgIpc) is 2.88. The summed E-state index contributed by atoms with van der Waals surface area (Å²) in [6.07, 6.45) is -20.0. The third-order valence-electron chi connectivity index (χ3n) is 6.86. The Labute approximate surface area is 223 Å². The van der Waals surface area contributed by atoms with Gasteiger partial charge in [0.15, 0.2) is 18.9 Å². The van der Waals surface area contributed by atoms with Crippen LogP contribution in [0.4, 0.5) is 0 Å². The van der Waals surface area contributed by atoms with Gasteiger partial charge >= 0.3 is 0 Å². The molecule has 0 unspecified atom stereocenters. The molecule has 10 N–H and O–H groups in total. The van der Waals surface area contributed by atoms with E-state index in [0.29, 0.717) is 0 Å². The third kappa shape index (κ3) is 7.02. The van der Waals surface area contributed by atoms with E-state index in [2.05, 4.69) is 10.6 Å². The van der Waals surface area contributed by atoms with E-state index in [-0.39, 0.29) is 0 Å². The van der Waals surface area contributed by atoms with E-state index in [1.807, 2.05) is 0 Å². The van der Waals surface area contributed by atoms with Gasteiger partial charge in [0.1, 0.15) is 67.0 Å². The fourth-order valence-corrected chi connectivity index (χ4v) is 4.80.